The number of hydrogen-bond donors (Lipinski definition) is 6. The first-order valence-corrected chi connectivity index (χ1v) is 24.1. The van der Waals surface area contributed by atoms with E-state index in [9.17, 15) is 45.6 Å². The minimum absolute atomic E-state index is 0. The summed E-state index contributed by atoms with van der Waals surface area (Å²) in [5, 5.41) is 8.13. The van der Waals surface area contributed by atoms with Gasteiger partial charge < -0.3 is 32.3 Å². The maximum absolute atomic E-state index is 12.4. The molecular formula is C48H45Cl2N4O12S2Y2-. The first-order chi connectivity index (χ1) is 31.9. The van der Waals surface area contributed by atoms with E-state index < -0.39 is 44.0 Å². The second-order valence-electron chi connectivity index (χ2n) is 15.0. The molecular weight excluding hydrogens is 1140 g/mol. The topological polar surface area (TPSA) is 267 Å². The van der Waals surface area contributed by atoms with Crippen molar-refractivity contribution < 1.29 is 111 Å². The number of halogens is 2. The fourth-order valence-electron chi connectivity index (χ4n) is 6.27. The molecule has 2 heterocycles. The van der Waals surface area contributed by atoms with Crippen LogP contribution in [0.25, 0.3) is 21.8 Å². The molecule has 0 fully saturated rings. The van der Waals surface area contributed by atoms with E-state index in [0.717, 1.165) is 16.3 Å². The van der Waals surface area contributed by atoms with E-state index in [2.05, 4.69) is 27.5 Å². The molecule has 0 aliphatic heterocycles. The van der Waals surface area contributed by atoms with Crippen LogP contribution >= 0.6 is 23.2 Å². The van der Waals surface area contributed by atoms with Gasteiger partial charge in [-0.3, -0.25) is 33.1 Å². The first-order valence-electron chi connectivity index (χ1n) is 20.1. The number of pyridine rings is 2. The Balaban J connectivity index is 0.000000360. The molecule has 5 aromatic carbocycles. The van der Waals surface area contributed by atoms with Crippen molar-refractivity contribution in [2.75, 3.05) is 6.26 Å². The van der Waals surface area contributed by atoms with Crippen LogP contribution in [0.5, 0.6) is 0 Å². The van der Waals surface area contributed by atoms with Crippen LogP contribution in [-0.2, 0) is 108 Å². The Bertz CT molecular complexity index is 3110. The Morgan fingerprint density at radius 2 is 0.971 bits per heavy atom. The van der Waals surface area contributed by atoms with Gasteiger partial charge in [-0.05, 0) is 104 Å². The van der Waals surface area contributed by atoms with Gasteiger partial charge in [-0.15, -0.1) is 0 Å². The number of carbonyl (C=O) groups is 4. The number of nitrogens with one attached hydrogen (secondary N) is 4. The van der Waals surface area contributed by atoms with Crippen molar-refractivity contribution in [3.05, 3.63) is 199 Å². The number of aromatic amines is 2. The maximum atomic E-state index is 12.4. The smallest absolute Gasteiger partial charge is 0.294 e. The molecule has 6 N–H and O–H groups in total. The number of ketones is 2. The Hall–Kier alpha value is -4.72. The van der Waals surface area contributed by atoms with Crippen molar-refractivity contribution in [2.45, 2.75) is 43.7 Å². The molecule has 70 heavy (non-hydrogen) atoms. The third-order valence-electron chi connectivity index (χ3n) is 9.54. The van der Waals surface area contributed by atoms with E-state index in [4.69, 9.17) is 32.3 Å². The van der Waals surface area contributed by atoms with Crippen LogP contribution < -0.4 is 21.8 Å². The summed E-state index contributed by atoms with van der Waals surface area (Å²) in [7, 11) is -7.69. The molecule has 7 aromatic rings. The predicted octanol–water partition coefficient (Wildman–Crippen LogP) is 6.78. The number of aryl methyl sites for hydroxylation is 1. The summed E-state index contributed by atoms with van der Waals surface area (Å²) < 4.78 is 55.4. The number of benzene rings is 5. The fourth-order valence-corrected chi connectivity index (χ4v) is 7.00. The average Bonchev–Trinajstić information content (AvgIpc) is 3.26. The predicted molar refractivity (Wildman–Crippen MR) is 261 cm³/mol. The molecule has 362 valence electrons. The van der Waals surface area contributed by atoms with E-state index in [1.807, 2.05) is 43.3 Å². The number of amides is 2. The van der Waals surface area contributed by atoms with Gasteiger partial charge in [0, 0.05) is 133 Å². The van der Waals surface area contributed by atoms with Gasteiger partial charge in [0.1, 0.15) is 0 Å². The van der Waals surface area contributed by atoms with Gasteiger partial charge in [0.25, 0.3) is 32.1 Å². The van der Waals surface area contributed by atoms with Crippen LogP contribution in [0.4, 0.5) is 0 Å². The minimum Gasteiger partial charge on any atom is -0.345 e. The molecule has 0 aliphatic carbocycles. The first kappa shape index (κ1) is 61.4. The largest absolute Gasteiger partial charge is 0.345 e. The Kier molecular flexibility index (Phi) is 24.9. The van der Waals surface area contributed by atoms with Crippen molar-refractivity contribution in [2.24, 2.45) is 0 Å². The molecule has 0 spiro atoms. The zero-order chi connectivity index (χ0) is 50.3. The zero-order valence-electron chi connectivity index (χ0n) is 37.7. The van der Waals surface area contributed by atoms with Crippen LogP contribution in [0.15, 0.2) is 148 Å². The Labute approximate surface area is 464 Å². The van der Waals surface area contributed by atoms with Crippen LogP contribution in [0.2, 0.25) is 10.0 Å². The van der Waals surface area contributed by atoms with Gasteiger partial charge in [-0.1, -0.05) is 77.3 Å². The second kappa shape index (κ2) is 28.4. The molecule has 0 saturated heterocycles. The molecule has 0 saturated carbocycles. The van der Waals surface area contributed by atoms with Crippen LogP contribution in [0.1, 0.15) is 44.3 Å². The number of Topliss-reactive ketones (excluding diaryl/α,β-unsaturated/α-hetero) is 2. The molecule has 7 rings (SSSR count). The molecule has 2 unspecified atom stereocenters. The van der Waals surface area contributed by atoms with E-state index in [-0.39, 0.29) is 106 Å². The Morgan fingerprint density at radius 1 is 0.614 bits per heavy atom. The SMILES string of the molecule is CC(=O)C(Cc1cc(=O)[nH]c2ccccc12)NC(=O)c1ccc(Cl)cc1.CS(=O)(=O)O.Cc1ccc(S(=O)(=O)O)cc1.[CH2-]C(=O)C(Cc1cc(=O)[nH]c2ccccc12)NC(=O)c1ccc(Cl)cc1.[Y].[Y]. The third kappa shape index (κ3) is 20.6. The number of aromatic nitrogens is 2. The molecule has 0 aliphatic rings. The molecule has 2 radical (unpaired) electrons. The average molecular weight is 1180 g/mol. The van der Waals surface area contributed by atoms with Crippen LogP contribution in [0, 0.1) is 13.8 Å². The Morgan fingerprint density at radius 3 is 1.33 bits per heavy atom. The van der Waals surface area contributed by atoms with E-state index in [0.29, 0.717) is 49.6 Å². The number of para-hydroxylation sites is 2. The van der Waals surface area contributed by atoms with Gasteiger partial charge >= 0.3 is 0 Å². The number of carbonyl (C=O) groups excluding carboxylic acids is 4. The normalized spacial score (nSPS) is 11.5. The summed E-state index contributed by atoms with van der Waals surface area (Å²) in [6, 6.07) is 34.7. The van der Waals surface area contributed by atoms with Crippen LogP contribution in [-0.4, -0.2) is 77.6 Å². The number of H-pyrrole nitrogens is 2. The van der Waals surface area contributed by atoms with Crippen molar-refractivity contribution >= 4 is 88.6 Å². The van der Waals surface area contributed by atoms with E-state index >= 15 is 0 Å². The minimum atomic E-state index is -4.02. The fraction of sp³-hybridized carbons (Fsp3) is 0.146. The monoisotopic (exact) mass is 1180 g/mol. The maximum Gasteiger partial charge on any atom is 0.294 e. The van der Waals surface area contributed by atoms with Crippen molar-refractivity contribution in [1.29, 1.82) is 0 Å². The summed E-state index contributed by atoms with van der Waals surface area (Å²) in [6.07, 6.45) is 1.12. The van der Waals surface area contributed by atoms with Gasteiger partial charge in [-0.2, -0.15) is 16.8 Å². The van der Waals surface area contributed by atoms with E-state index in [1.54, 1.807) is 72.8 Å². The van der Waals surface area contributed by atoms with Gasteiger partial charge in [0.05, 0.1) is 23.2 Å². The molecule has 2 atom stereocenters. The molecule has 16 nitrogen and oxygen atoms in total. The van der Waals surface area contributed by atoms with Crippen LogP contribution in [0.3, 0.4) is 0 Å². The second-order valence-corrected chi connectivity index (χ2v) is 18.7. The van der Waals surface area contributed by atoms with Gasteiger partial charge in [0.2, 0.25) is 11.1 Å². The summed E-state index contributed by atoms with van der Waals surface area (Å²) >= 11 is 11.7. The third-order valence-corrected chi connectivity index (χ3v) is 10.9. The summed E-state index contributed by atoms with van der Waals surface area (Å²) in [5.41, 5.74) is 3.99. The number of fused-ring (bicyclic) bond motifs is 2. The van der Waals surface area contributed by atoms with Crippen molar-refractivity contribution in [1.82, 2.24) is 20.6 Å². The van der Waals surface area contributed by atoms with E-state index in [1.165, 1.54) is 31.2 Å². The quantitative estimate of drug-likeness (QED) is 0.0579. The van der Waals surface area contributed by atoms with Gasteiger partial charge in [0.15, 0.2) is 5.78 Å². The molecule has 22 heteroatoms. The molecule has 2 amide bonds. The zero-order valence-corrected chi connectivity index (χ0v) is 46.5. The standard InChI is InChI=1S/C20H17ClN2O3.C20H16ClN2O3.C7H8O3S.CH4O3S.2Y/c2*1-12(24)18(23-20(26)13-6-8-15(21)9-7-13)10-14-11-19(25)22-17-5-3-2-4-16(14)17;1-6-2-4-7(5-3-6)11(8,9)10;1-5(2,3)4;;/h2-9,11,18H,10H2,1H3,(H,22,25)(H,23,26);2-9,11,18H,1,10H2,(H,22,25)(H,23,26);2-5H,1H3,(H,8,9,10);1H3,(H,2,3,4);;/q;-1;;;;. The molecule has 2 aromatic heterocycles. The molecule has 0 bridgehead atoms. The number of hydrogen-bond acceptors (Lipinski definition) is 10. The number of rotatable bonds is 11. The summed E-state index contributed by atoms with van der Waals surface area (Å²) in [6.45, 7) is 6.70. The summed E-state index contributed by atoms with van der Waals surface area (Å²) in [5.74, 6) is -1.39. The van der Waals surface area contributed by atoms with Crippen molar-refractivity contribution in [3.63, 3.8) is 0 Å². The van der Waals surface area contributed by atoms with Crippen molar-refractivity contribution in [3.8, 4) is 0 Å². The summed E-state index contributed by atoms with van der Waals surface area (Å²) in [4.78, 5) is 78.0. The van der Waals surface area contributed by atoms with Gasteiger partial charge in [-0.25, -0.2) is 0 Å².